The minimum Gasteiger partial charge on any atom is -0.336 e. The Morgan fingerprint density at radius 2 is 2.14 bits per heavy atom. The Bertz CT molecular complexity index is 231. The average molecular weight is 206 g/mol. The largest absolute Gasteiger partial charge is 0.336 e. The molecule has 1 fully saturated rings. The summed E-state index contributed by atoms with van der Waals surface area (Å²) >= 11 is 0. The van der Waals surface area contributed by atoms with Crippen molar-refractivity contribution >= 4 is 5.91 Å². The number of nitrogens with zero attached hydrogens (tertiary/aromatic N) is 1. The SMILES string of the molecule is CC(C)C(=O)N1CCC(N)C(F)(F)C1. The third-order valence-corrected chi connectivity index (χ3v) is 2.46. The van der Waals surface area contributed by atoms with Crippen LogP contribution in [0.2, 0.25) is 0 Å². The Labute approximate surface area is 82.2 Å². The topological polar surface area (TPSA) is 46.3 Å². The van der Waals surface area contributed by atoms with Crippen molar-refractivity contribution in [3.8, 4) is 0 Å². The van der Waals surface area contributed by atoms with Crippen molar-refractivity contribution in [2.24, 2.45) is 11.7 Å². The lowest BCUT2D eigenvalue weighted by Crippen LogP contribution is -2.57. The van der Waals surface area contributed by atoms with Crippen molar-refractivity contribution in [3.05, 3.63) is 0 Å². The van der Waals surface area contributed by atoms with E-state index in [-0.39, 0.29) is 18.2 Å². The van der Waals surface area contributed by atoms with Crippen molar-refractivity contribution in [3.63, 3.8) is 0 Å². The van der Waals surface area contributed by atoms with Crippen LogP contribution in [-0.4, -0.2) is 35.9 Å². The molecule has 2 N–H and O–H groups in total. The average Bonchev–Trinajstić information content (AvgIpc) is 2.08. The summed E-state index contributed by atoms with van der Waals surface area (Å²) in [6, 6.07) is -1.11. The molecule has 1 aliphatic heterocycles. The van der Waals surface area contributed by atoms with Crippen molar-refractivity contribution in [2.45, 2.75) is 32.2 Å². The number of alkyl halides is 2. The molecule has 0 aromatic carbocycles. The van der Waals surface area contributed by atoms with Crippen molar-refractivity contribution in [2.75, 3.05) is 13.1 Å². The second kappa shape index (κ2) is 3.81. The summed E-state index contributed by atoms with van der Waals surface area (Å²) in [5.41, 5.74) is 5.26. The van der Waals surface area contributed by atoms with E-state index in [1.54, 1.807) is 13.8 Å². The number of carbonyl (C=O) groups is 1. The molecule has 5 heteroatoms. The van der Waals surface area contributed by atoms with Gasteiger partial charge in [0.15, 0.2) is 0 Å². The Hall–Kier alpha value is -0.710. The molecule has 3 nitrogen and oxygen atoms in total. The van der Waals surface area contributed by atoms with Gasteiger partial charge >= 0.3 is 0 Å². The summed E-state index contributed by atoms with van der Waals surface area (Å²) in [7, 11) is 0. The number of amides is 1. The van der Waals surface area contributed by atoms with Gasteiger partial charge in [-0.2, -0.15) is 0 Å². The van der Waals surface area contributed by atoms with E-state index in [1.165, 1.54) is 4.90 Å². The molecule has 0 aromatic rings. The molecular formula is C9H16F2N2O. The zero-order valence-electron chi connectivity index (χ0n) is 8.46. The van der Waals surface area contributed by atoms with Crippen LogP contribution in [0.1, 0.15) is 20.3 Å². The fourth-order valence-electron chi connectivity index (χ4n) is 1.51. The predicted molar refractivity (Wildman–Crippen MR) is 49.0 cm³/mol. The third kappa shape index (κ3) is 2.20. The minimum atomic E-state index is -2.94. The summed E-state index contributed by atoms with van der Waals surface area (Å²) < 4.78 is 26.3. The number of halogens is 2. The van der Waals surface area contributed by atoms with Crippen LogP contribution in [0.15, 0.2) is 0 Å². The first-order valence-electron chi connectivity index (χ1n) is 4.77. The highest BCUT2D eigenvalue weighted by Crippen LogP contribution is 2.26. The van der Waals surface area contributed by atoms with Crippen LogP contribution < -0.4 is 5.73 Å². The molecule has 1 atom stereocenters. The smallest absolute Gasteiger partial charge is 0.280 e. The van der Waals surface area contributed by atoms with E-state index in [2.05, 4.69) is 0 Å². The Kier molecular flexibility index (Phi) is 3.09. The fraction of sp³-hybridized carbons (Fsp3) is 0.889. The predicted octanol–water partition coefficient (Wildman–Crippen LogP) is 0.837. The zero-order chi connectivity index (χ0) is 10.9. The molecular weight excluding hydrogens is 190 g/mol. The van der Waals surface area contributed by atoms with Gasteiger partial charge in [-0.05, 0) is 6.42 Å². The summed E-state index contributed by atoms with van der Waals surface area (Å²) in [4.78, 5) is 12.6. The van der Waals surface area contributed by atoms with Crippen LogP contribution in [0.3, 0.4) is 0 Å². The van der Waals surface area contributed by atoms with Gasteiger partial charge in [0.05, 0.1) is 12.6 Å². The van der Waals surface area contributed by atoms with E-state index >= 15 is 0 Å². The quantitative estimate of drug-likeness (QED) is 0.691. The number of nitrogens with two attached hydrogens (primary N) is 1. The fourth-order valence-corrected chi connectivity index (χ4v) is 1.51. The zero-order valence-corrected chi connectivity index (χ0v) is 8.46. The standard InChI is InChI=1S/C9H16F2N2O/c1-6(2)8(14)13-4-3-7(12)9(10,11)5-13/h6-7H,3-5,12H2,1-2H3. The summed E-state index contributed by atoms with van der Waals surface area (Å²) in [6.45, 7) is 3.21. The van der Waals surface area contributed by atoms with E-state index in [9.17, 15) is 13.6 Å². The van der Waals surface area contributed by atoms with Crippen molar-refractivity contribution in [1.29, 1.82) is 0 Å². The number of piperidine rings is 1. The third-order valence-electron chi connectivity index (χ3n) is 2.46. The summed E-state index contributed by atoms with van der Waals surface area (Å²) in [6.07, 6.45) is 0.172. The van der Waals surface area contributed by atoms with Gasteiger partial charge in [-0.15, -0.1) is 0 Å². The van der Waals surface area contributed by atoms with Crippen LogP contribution in [0, 0.1) is 5.92 Å². The molecule has 0 saturated carbocycles. The van der Waals surface area contributed by atoms with Gasteiger partial charge in [0.2, 0.25) is 5.91 Å². The first kappa shape index (κ1) is 11.4. The Morgan fingerprint density at radius 1 is 1.57 bits per heavy atom. The molecule has 0 spiro atoms. The maximum absolute atomic E-state index is 13.2. The molecule has 1 amide bonds. The van der Waals surface area contributed by atoms with Gasteiger partial charge in [-0.3, -0.25) is 4.79 Å². The van der Waals surface area contributed by atoms with Crippen molar-refractivity contribution in [1.82, 2.24) is 4.90 Å². The second-order valence-corrected chi connectivity index (χ2v) is 4.07. The van der Waals surface area contributed by atoms with Crippen LogP contribution in [0.5, 0.6) is 0 Å². The lowest BCUT2D eigenvalue weighted by atomic mass is 10.0. The Morgan fingerprint density at radius 3 is 2.57 bits per heavy atom. The van der Waals surface area contributed by atoms with E-state index in [1.807, 2.05) is 0 Å². The molecule has 0 aliphatic carbocycles. The molecule has 0 aromatic heterocycles. The maximum Gasteiger partial charge on any atom is 0.280 e. The Balaban J connectivity index is 2.64. The molecule has 1 rings (SSSR count). The van der Waals surface area contributed by atoms with Crippen molar-refractivity contribution < 1.29 is 13.6 Å². The van der Waals surface area contributed by atoms with Gasteiger partial charge in [0.25, 0.3) is 5.92 Å². The normalized spacial score (nSPS) is 26.7. The van der Waals surface area contributed by atoms with E-state index in [0.717, 1.165) is 0 Å². The second-order valence-electron chi connectivity index (χ2n) is 4.07. The number of hydrogen-bond acceptors (Lipinski definition) is 2. The van der Waals surface area contributed by atoms with Crippen LogP contribution in [-0.2, 0) is 4.79 Å². The highest BCUT2D eigenvalue weighted by Gasteiger charge is 2.43. The molecule has 1 aliphatic rings. The molecule has 14 heavy (non-hydrogen) atoms. The molecule has 1 saturated heterocycles. The highest BCUT2D eigenvalue weighted by molar-refractivity contribution is 5.78. The van der Waals surface area contributed by atoms with Crippen LogP contribution >= 0.6 is 0 Å². The van der Waals surface area contributed by atoms with E-state index < -0.39 is 18.5 Å². The van der Waals surface area contributed by atoms with Gasteiger partial charge < -0.3 is 10.6 Å². The first-order valence-corrected chi connectivity index (χ1v) is 4.77. The number of carbonyl (C=O) groups excluding carboxylic acids is 1. The number of rotatable bonds is 1. The maximum atomic E-state index is 13.2. The summed E-state index contributed by atoms with van der Waals surface area (Å²) in [5, 5.41) is 0. The molecule has 0 radical (unpaired) electrons. The lowest BCUT2D eigenvalue weighted by Gasteiger charge is -2.37. The lowest BCUT2D eigenvalue weighted by molar-refractivity contribution is -0.146. The van der Waals surface area contributed by atoms with Gasteiger partial charge in [-0.25, -0.2) is 8.78 Å². The molecule has 1 heterocycles. The first-order chi connectivity index (χ1) is 6.34. The molecule has 1 unspecified atom stereocenters. The monoisotopic (exact) mass is 206 g/mol. The molecule has 82 valence electrons. The van der Waals surface area contributed by atoms with Gasteiger partial charge in [-0.1, -0.05) is 13.8 Å². The van der Waals surface area contributed by atoms with Crippen LogP contribution in [0.25, 0.3) is 0 Å². The van der Waals surface area contributed by atoms with E-state index in [4.69, 9.17) is 5.73 Å². The number of hydrogen-bond donors (Lipinski definition) is 1. The van der Waals surface area contributed by atoms with Gasteiger partial charge in [0, 0.05) is 12.5 Å². The molecule has 0 bridgehead atoms. The highest BCUT2D eigenvalue weighted by atomic mass is 19.3. The minimum absolute atomic E-state index is 0.172. The van der Waals surface area contributed by atoms with Gasteiger partial charge in [0.1, 0.15) is 0 Å². The van der Waals surface area contributed by atoms with E-state index in [0.29, 0.717) is 6.54 Å². The summed E-state index contributed by atoms with van der Waals surface area (Å²) in [5.74, 6) is -3.40. The number of likely N-dealkylation sites (tertiary alicyclic amines) is 1. The van der Waals surface area contributed by atoms with Crippen LogP contribution in [0.4, 0.5) is 8.78 Å².